The maximum Gasteiger partial charge on any atom is 0.287 e. The van der Waals surface area contributed by atoms with Gasteiger partial charge in [0.15, 0.2) is 26.4 Å². The Labute approximate surface area is 178 Å². The number of amides is 1. The Hall–Kier alpha value is -2.97. The molecule has 8 heteroatoms. The Kier molecular flexibility index (Phi) is 5.96. The summed E-state index contributed by atoms with van der Waals surface area (Å²) in [6.07, 6.45) is 0.340. The van der Waals surface area contributed by atoms with Crippen molar-refractivity contribution in [2.45, 2.75) is 12.2 Å². The van der Waals surface area contributed by atoms with Crippen LogP contribution in [0.4, 0.5) is 0 Å². The number of carbonyl (C=O) groups excluding carboxylic acids is 1. The number of nitrogens with zero attached hydrogens (tertiary/aromatic N) is 1. The zero-order chi connectivity index (χ0) is 21.0. The SMILES string of the molecule is O=C(NCCCS(=O)(=O)Cc1ccccc1)c1ccc(-c2nc3ccccc3s2)o1. The van der Waals surface area contributed by atoms with Gasteiger partial charge < -0.3 is 9.73 Å². The van der Waals surface area contributed by atoms with E-state index in [9.17, 15) is 13.2 Å². The minimum Gasteiger partial charge on any atom is -0.448 e. The predicted octanol–water partition coefficient (Wildman–Crippen LogP) is 4.29. The zero-order valence-corrected chi connectivity index (χ0v) is 17.7. The Morgan fingerprint density at radius 2 is 1.77 bits per heavy atom. The summed E-state index contributed by atoms with van der Waals surface area (Å²) >= 11 is 1.50. The molecule has 6 nitrogen and oxygen atoms in total. The molecule has 0 fully saturated rings. The molecule has 30 heavy (non-hydrogen) atoms. The second-order valence-corrected chi connectivity index (χ2v) is 10.1. The van der Waals surface area contributed by atoms with E-state index in [2.05, 4.69) is 10.3 Å². The average molecular weight is 441 g/mol. The van der Waals surface area contributed by atoms with E-state index in [0.29, 0.717) is 17.2 Å². The van der Waals surface area contributed by atoms with Gasteiger partial charge in [0.25, 0.3) is 5.91 Å². The van der Waals surface area contributed by atoms with E-state index in [1.54, 1.807) is 24.3 Å². The van der Waals surface area contributed by atoms with Crippen LogP contribution < -0.4 is 5.32 Å². The molecule has 4 rings (SSSR count). The lowest BCUT2D eigenvalue weighted by atomic mass is 10.2. The minimum atomic E-state index is -3.22. The van der Waals surface area contributed by atoms with Gasteiger partial charge in [-0.3, -0.25) is 4.79 Å². The third kappa shape index (κ3) is 4.95. The number of hydrogen-bond donors (Lipinski definition) is 1. The van der Waals surface area contributed by atoms with Gasteiger partial charge in [-0.15, -0.1) is 11.3 Å². The molecular weight excluding hydrogens is 420 g/mol. The number of sulfone groups is 1. The van der Waals surface area contributed by atoms with E-state index in [1.165, 1.54) is 11.3 Å². The van der Waals surface area contributed by atoms with Crippen LogP contribution in [0, 0.1) is 0 Å². The van der Waals surface area contributed by atoms with Crippen LogP contribution in [0.2, 0.25) is 0 Å². The largest absolute Gasteiger partial charge is 0.448 e. The van der Waals surface area contributed by atoms with E-state index in [-0.39, 0.29) is 29.7 Å². The van der Waals surface area contributed by atoms with Crippen molar-refractivity contribution < 1.29 is 17.6 Å². The fraction of sp³-hybridized carbons (Fsp3) is 0.182. The third-order valence-electron chi connectivity index (χ3n) is 4.48. The van der Waals surface area contributed by atoms with Crippen LogP contribution in [0.15, 0.2) is 71.1 Å². The standard InChI is InChI=1S/C22H20N2O4S2/c25-21(23-13-6-14-30(26,27)15-16-7-2-1-3-8-16)18-11-12-19(28-18)22-24-17-9-4-5-10-20(17)29-22/h1-5,7-12H,6,13-15H2,(H,23,25). The van der Waals surface area contributed by atoms with Gasteiger partial charge in [0.1, 0.15) is 0 Å². The summed E-state index contributed by atoms with van der Waals surface area (Å²) in [5, 5.41) is 3.42. The molecule has 2 heterocycles. The second-order valence-electron chi connectivity index (χ2n) is 6.84. The smallest absolute Gasteiger partial charge is 0.287 e. The Balaban J connectivity index is 1.29. The molecule has 154 valence electrons. The first kappa shape index (κ1) is 20.3. The van der Waals surface area contributed by atoms with Crippen molar-refractivity contribution in [2.24, 2.45) is 0 Å². The lowest BCUT2D eigenvalue weighted by Gasteiger charge is -2.05. The summed E-state index contributed by atoms with van der Waals surface area (Å²) < 4.78 is 31.1. The van der Waals surface area contributed by atoms with Crippen molar-refractivity contribution >= 4 is 37.3 Å². The number of carbonyl (C=O) groups is 1. The van der Waals surface area contributed by atoms with Crippen LogP contribution in [-0.2, 0) is 15.6 Å². The summed E-state index contributed by atoms with van der Waals surface area (Å²) in [6, 6.07) is 20.2. The summed E-state index contributed by atoms with van der Waals surface area (Å²) in [4.78, 5) is 16.8. The monoisotopic (exact) mass is 440 g/mol. The maximum absolute atomic E-state index is 12.3. The highest BCUT2D eigenvalue weighted by atomic mass is 32.2. The number of nitrogens with one attached hydrogen (secondary N) is 1. The van der Waals surface area contributed by atoms with Crippen molar-refractivity contribution in [1.29, 1.82) is 0 Å². The van der Waals surface area contributed by atoms with Crippen LogP contribution >= 0.6 is 11.3 Å². The van der Waals surface area contributed by atoms with Gasteiger partial charge in [0, 0.05) is 6.54 Å². The molecule has 1 N–H and O–H groups in total. The Morgan fingerprint density at radius 3 is 2.57 bits per heavy atom. The van der Waals surface area contributed by atoms with Crippen LogP contribution in [0.3, 0.4) is 0 Å². The van der Waals surface area contributed by atoms with Gasteiger partial charge in [0.2, 0.25) is 0 Å². The van der Waals surface area contributed by atoms with Gasteiger partial charge in [-0.05, 0) is 36.2 Å². The zero-order valence-electron chi connectivity index (χ0n) is 16.1. The quantitative estimate of drug-likeness (QED) is 0.413. The maximum atomic E-state index is 12.3. The molecular formula is C22H20N2O4S2. The van der Waals surface area contributed by atoms with Gasteiger partial charge in [-0.25, -0.2) is 13.4 Å². The molecule has 0 spiro atoms. The Bertz CT molecular complexity index is 1230. The average Bonchev–Trinajstić information content (AvgIpc) is 3.38. The first-order chi connectivity index (χ1) is 14.5. The molecule has 4 aromatic rings. The second kappa shape index (κ2) is 8.81. The van der Waals surface area contributed by atoms with E-state index in [4.69, 9.17) is 4.42 Å². The van der Waals surface area contributed by atoms with E-state index >= 15 is 0 Å². The highest BCUT2D eigenvalue weighted by molar-refractivity contribution is 7.90. The summed E-state index contributed by atoms with van der Waals surface area (Å²) in [7, 11) is -3.22. The number of furan rings is 1. The molecule has 2 aromatic carbocycles. The molecule has 0 radical (unpaired) electrons. The van der Waals surface area contributed by atoms with Crippen molar-refractivity contribution in [3.8, 4) is 10.8 Å². The van der Waals surface area contributed by atoms with E-state index < -0.39 is 9.84 Å². The van der Waals surface area contributed by atoms with E-state index in [1.807, 2.05) is 42.5 Å². The number of benzene rings is 2. The summed E-state index contributed by atoms with van der Waals surface area (Å²) in [5.74, 6) is 0.356. The van der Waals surface area contributed by atoms with E-state index in [0.717, 1.165) is 15.8 Å². The number of rotatable bonds is 8. The number of para-hydroxylation sites is 1. The van der Waals surface area contributed by atoms with Crippen molar-refractivity contribution in [3.63, 3.8) is 0 Å². The van der Waals surface area contributed by atoms with Gasteiger partial charge in [-0.1, -0.05) is 42.5 Å². The molecule has 0 aliphatic heterocycles. The molecule has 0 aliphatic rings. The molecule has 0 saturated heterocycles. The topological polar surface area (TPSA) is 89.3 Å². The first-order valence-electron chi connectivity index (χ1n) is 9.48. The molecule has 2 aromatic heterocycles. The lowest BCUT2D eigenvalue weighted by Crippen LogP contribution is -2.25. The van der Waals surface area contributed by atoms with Crippen molar-refractivity contribution in [1.82, 2.24) is 10.3 Å². The normalized spacial score (nSPS) is 11.6. The fourth-order valence-electron chi connectivity index (χ4n) is 3.03. The van der Waals surface area contributed by atoms with Crippen LogP contribution in [0.25, 0.3) is 21.0 Å². The molecule has 0 aliphatic carbocycles. The highest BCUT2D eigenvalue weighted by Crippen LogP contribution is 2.31. The van der Waals surface area contributed by atoms with Crippen molar-refractivity contribution in [2.75, 3.05) is 12.3 Å². The summed E-state index contributed by atoms with van der Waals surface area (Å²) in [5.41, 5.74) is 1.65. The van der Waals surface area contributed by atoms with Crippen molar-refractivity contribution in [3.05, 3.63) is 78.1 Å². The number of aromatic nitrogens is 1. The molecule has 0 saturated carbocycles. The fourth-order valence-corrected chi connectivity index (χ4v) is 5.39. The number of fused-ring (bicyclic) bond motifs is 1. The number of hydrogen-bond acceptors (Lipinski definition) is 6. The van der Waals surface area contributed by atoms with Crippen LogP contribution in [-0.4, -0.2) is 31.6 Å². The molecule has 1 amide bonds. The lowest BCUT2D eigenvalue weighted by molar-refractivity contribution is 0.0927. The summed E-state index contributed by atoms with van der Waals surface area (Å²) in [6.45, 7) is 0.254. The predicted molar refractivity (Wildman–Crippen MR) is 118 cm³/mol. The highest BCUT2D eigenvalue weighted by Gasteiger charge is 2.16. The molecule has 0 unspecified atom stereocenters. The van der Waals surface area contributed by atoms with Crippen LogP contribution in [0.5, 0.6) is 0 Å². The van der Waals surface area contributed by atoms with Crippen LogP contribution in [0.1, 0.15) is 22.5 Å². The van der Waals surface area contributed by atoms with Gasteiger partial charge in [-0.2, -0.15) is 0 Å². The van der Waals surface area contributed by atoms with Gasteiger partial charge in [0.05, 0.1) is 21.7 Å². The minimum absolute atomic E-state index is 0.00545. The molecule has 0 atom stereocenters. The molecule has 0 bridgehead atoms. The number of thiazole rings is 1. The van der Waals surface area contributed by atoms with Gasteiger partial charge >= 0.3 is 0 Å². The first-order valence-corrected chi connectivity index (χ1v) is 12.1. The Morgan fingerprint density at radius 1 is 1.00 bits per heavy atom. The third-order valence-corrected chi connectivity index (χ3v) is 7.22.